The van der Waals surface area contributed by atoms with Crippen molar-refractivity contribution < 1.29 is 35.5 Å². The maximum atomic E-state index is 15.7. The second-order valence-electron chi connectivity index (χ2n) is 16.0. The Hall–Kier alpha value is -5.24. The number of carbonyl (C=O) groups excluding carboxylic acids is 1. The molecule has 4 aromatic rings. The number of ether oxygens (including phenoxy) is 1. The second kappa shape index (κ2) is 16.7. The van der Waals surface area contributed by atoms with E-state index in [2.05, 4.69) is 32.1 Å². The molecule has 8 heterocycles. The normalized spacial score (nSPS) is 24.1. The highest BCUT2D eigenvalue weighted by atomic mass is 32.2. The first-order valence-corrected chi connectivity index (χ1v) is 22.2. The van der Waals surface area contributed by atoms with E-state index in [1.54, 1.807) is 39.2 Å². The molecule has 0 aromatic carbocycles. The number of rotatable bonds is 11. The maximum absolute atomic E-state index is 15.7. The lowest BCUT2D eigenvalue weighted by Crippen LogP contribution is -2.57. The number of carbonyl (C=O) groups is 1. The van der Waals surface area contributed by atoms with E-state index in [9.17, 15) is 26.4 Å². The van der Waals surface area contributed by atoms with Gasteiger partial charge in [0.05, 0.1) is 36.2 Å². The number of halogens is 4. The van der Waals surface area contributed by atoms with Gasteiger partial charge in [-0.2, -0.15) is 23.3 Å². The molecule has 0 bridgehead atoms. The first-order valence-electron chi connectivity index (χ1n) is 20.1. The molecular formula is C40H47F4N11O4S. The number of amides is 1. The highest BCUT2D eigenvalue weighted by Crippen LogP contribution is 2.40. The summed E-state index contributed by atoms with van der Waals surface area (Å²) in [6, 6.07) is 6.96. The van der Waals surface area contributed by atoms with E-state index in [0.717, 1.165) is 17.9 Å². The first-order chi connectivity index (χ1) is 28.6. The van der Waals surface area contributed by atoms with Crippen LogP contribution in [0.1, 0.15) is 56.5 Å². The van der Waals surface area contributed by atoms with Gasteiger partial charge in [-0.25, -0.2) is 27.8 Å². The van der Waals surface area contributed by atoms with Crippen LogP contribution in [0.25, 0.3) is 10.8 Å². The zero-order valence-electron chi connectivity index (χ0n) is 33.3. The number of hydrogen-bond donors (Lipinski definition) is 1. The van der Waals surface area contributed by atoms with Gasteiger partial charge in [0.25, 0.3) is 0 Å². The number of fused-ring (bicyclic) bond motifs is 1. The van der Waals surface area contributed by atoms with Crippen LogP contribution in [0.15, 0.2) is 55.4 Å². The van der Waals surface area contributed by atoms with Gasteiger partial charge in [-0.1, -0.05) is 12.6 Å². The van der Waals surface area contributed by atoms with Crippen LogP contribution in [0, 0.1) is 5.92 Å². The largest absolute Gasteiger partial charge is 0.433 e. The van der Waals surface area contributed by atoms with Crippen LogP contribution in [0.3, 0.4) is 0 Å². The van der Waals surface area contributed by atoms with Gasteiger partial charge in [-0.05, 0) is 69.4 Å². The van der Waals surface area contributed by atoms with E-state index >= 15 is 4.39 Å². The summed E-state index contributed by atoms with van der Waals surface area (Å²) in [5.74, 6) is 1.88. The molecule has 1 N–H and O–H groups in total. The molecule has 4 aliphatic heterocycles. The minimum absolute atomic E-state index is 0.0153. The Kier molecular flexibility index (Phi) is 11.5. The number of aromatic nitrogens is 6. The standard InChI is InChI=1S/C40H47F4N11O4S/c1-4-36(56)54-15-6-7-30(54)37-27-19-34(46-20-28(27)38(51-50-37)55-21-25(24(55)2)23-60(3,57)58)48-33-10-14-45-39(49-33)53-18-13-31(29(41)22-53)59-26-11-16-52(17-12-26)35-9-5-8-32(47-35)40(42,43)44/h4-5,8-10,14,19-20,24-26,29-31H,1,6-7,11-13,15-18,21-23H2,2-3H3,(H,45,46,48,49)/t24-,25-,29+,30?,31-/m1/s1. The molecule has 0 saturated carbocycles. The molecule has 4 aliphatic rings. The van der Waals surface area contributed by atoms with Gasteiger partial charge in [0.15, 0.2) is 5.82 Å². The summed E-state index contributed by atoms with van der Waals surface area (Å²) in [5, 5.41) is 14.0. The van der Waals surface area contributed by atoms with Crippen LogP contribution >= 0.6 is 0 Å². The fourth-order valence-corrected chi connectivity index (χ4v) is 9.87. The summed E-state index contributed by atoms with van der Waals surface area (Å²) in [6.45, 7) is 8.06. The fraction of sp³-hybridized carbons (Fsp3) is 0.525. The SMILES string of the molecule is C=CC(=O)N1CCCC1c1nnc(N2C[C@H](CS(C)(=O)=O)[C@H]2C)c2cnc(Nc3ccnc(N4CC[C@@H](OC5CCN(c6cccc(C(F)(F)F)n6)CC5)[C@@H](F)C4)n3)cc12. The van der Waals surface area contributed by atoms with Crippen LogP contribution in [0.4, 0.5) is 46.8 Å². The van der Waals surface area contributed by atoms with Crippen molar-refractivity contribution in [2.24, 2.45) is 5.92 Å². The molecule has 15 nitrogen and oxygen atoms in total. The molecule has 4 aromatic heterocycles. The predicted molar refractivity (Wildman–Crippen MR) is 218 cm³/mol. The molecule has 1 unspecified atom stereocenters. The second-order valence-corrected chi connectivity index (χ2v) is 18.2. The van der Waals surface area contributed by atoms with Crippen molar-refractivity contribution in [3.05, 3.63) is 66.8 Å². The van der Waals surface area contributed by atoms with Gasteiger partial charge in [0, 0.05) is 74.1 Å². The molecule has 20 heteroatoms. The number of sulfone groups is 1. The Bertz CT molecular complexity index is 2350. The number of anilines is 5. The molecule has 8 rings (SSSR count). The smallest absolute Gasteiger partial charge is 0.372 e. The molecule has 4 fully saturated rings. The minimum atomic E-state index is -4.52. The van der Waals surface area contributed by atoms with Gasteiger partial charge in [0.2, 0.25) is 11.9 Å². The number of nitrogens with one attached hydrogen (secondary N) is 1. The molecule has 0 spiro atoms. The van der Waals surface area contributed by atoms with Crippen LogP contribution in [-0.4, -0.2) is 125 Å². The lowest BCUT2D eigenvalue weighted by atomic mass is 9.91. The highest BCUT2D eigenvalue weighted by Gasteiger charge is 2.41. The highest BCUT2D eigenvalue weighted by molar-refractivity contribution is 7.90. The number of nitrogens with zero attached hydrogens (tertiary/aromatic N) is 10. The Morgan fingerprint density at radius 2 is 1.77 bits per heavy atom. The number of likely N-dealkylation sites (tertiary alicyclic amines) is 1. The first kappa shape index (κ1) is 41.5. The zero-order chi connectivity index (χ0) is 42.3. The predicted octanol–water partition coefficient (Wildman–Crippen LogP) is 5.29. The Balaban J connectivity index is 0.942. The summed E-state index contributed by atoms with van der Waals surface area (Å²) in [6.07, 6.45) is 2.05. The van der Waals surface area contributed by atoms with Gasteiger partial charge in [-0.15, -0.1) is 5.10 Å². The Labute approximate surface area is 345 Å². The van der Waals surface area contributed by atoms with E-state index in [1.165, 1.54) is 18.4 Å². The number of pyridine rings is 2. The van der Waals surface area contributed by atoms with Crippen molar-refractivity contribution in [1.29, 1.82) is 0 Å². The molecule has 60 heavy (non-hydrogen) atoms. The average Bonchev–Trinajstić information content (AvgIpc) is 3.72. The summed E-state index contributed by atoms with van der Waals surface area (Å²) < 4.78 is 85.6. The molecule has 320 valence electrons. The van der Waals surface area contributed by atoms with Gasteiger partial charge in [0.1, 0.15) is 39.2 Å². The molecule has 0 radical (unpaired) electrons. The molecule has 0 aliphatic carbocycles. The molecule has 5 atom stereocenters. The van der Waals surface area contributed by atoms with Gasteiger partial charge >= 0.3 is 6.18 Å². The maximum Gasteiger partial charge on any atom is 0.433 e. The van der Waals surface area contributed by atoms with Crippen molar-refractivity contribution in [1.82, 2.24) is 35.0 Å². The van der Waals surface area contributed by atoms with Crippen molar-refractivity contribution in [3.8, 4) is 0 Å². The third-order valence-electron chi connectivity index (χ3n) is 11.9. The van der Waals surface area contributed by atoms with E-state index in [4.69, 9.17) is 14.7 Å². The summed E-state index contributed by atoms with van der Waals surface area (Å²) in [4.78, 5) is 37.8. The van der Waals surface area contributed by atoms with Gasteiger partial charge < -0.3 is 29.7 Å². The monoisotopic (exact) mass is 853 g/mol. The lowest BCUT2D eigenvalue weighted by molar-refractivity contribution is -0.141. The van der Waals surface area contributed by atoms with Crippen LogP contribution in [-0.2, 0) is 25.5 Å². The molecule has 1 amide bonds. The Morgan fingerprint density at radius 3 is 2.48 bits per heavy atom. The number of hydrogen-bond acceptors (Lipinski definition) is 14. The zero-order valence-corrected chi connectivity index (χ0v) is 34.1. The number of alkyl halides is 4. The summed E-state index contributed by atoms with van der Waals surface area (Å²) in [7, 11) is -3.16. The van der Waals surface area contributed by atoms with Crippen LogP contribution in [0.2, 0.25) is 0 Å². The third kappa shape index (κ3) is 8.80. The van der Waals surface area contributed by atoms with Gasteiger partial charge in [-0.3, -0.25) is 4.79 Å². The van der Waals surface area contributed by atoms with E-state index in [-0.39, 0.29) is 48.1 Å². The number of piperidine rings is 2. The van der Waals surface area contributed by atoms with Crippen molar-refractivity contribution in [2.75, 3.05) is 71.3 Å². The summed E-state index contributed by atoms with van der Waals surface area (Å²) >= 11 is 0. The Morgan fingerprint density at radius 1 is 0.983 bits per heavy atom. The van der Waals surface area contributed by atoms with E-state index in [0.29, 0.717) is 92.9 Å². The third-order valence-corrected chi connectivity index (χ3v) is 12.9. The minimum Gasteiger partial charge on any atom is -0.372 e. The van der Waals surface area contributed by atoms with Crippen LogP contribution in [0.5, 0.6) is 0 Å². The fourth-order valence-electron chi connectivity index (χ4n) is 8.71. The quantitative estimate of drug-likeness (QED) is 0.153. The van der Waals surface area contributed by atoms with Crippen LogP contribution < -0.4 is 20.0 Å². The van der Waals surface area contributed by atoms with E-state index in [1.807, 2.05) is 17.9 Å². The average molecular weight is 854 g/mol. The van der Waals surface area contributed by atoms with Crippen molar-refractivity contribution in [3.63, 3.8) is 0 Å². The molecule has 4 saturated heterocycles. The van der Waals surface area contributed by atoms with Crippen molar-refractivity contribution in [2.45, 2.75) is 75.7 Å². The van der Waals surface area contributed by atoms with E-state index < -0.39 is 34.0 Å². The molecular weight excluding hydrogens is 807 g/mol. The lowest BCUT2D eigenvalue weighted by Gasteiger charge is -2.47. The van der Waals surface area contributed by atoms with Crippen molar-refractivity contribution >= 4 is 55.7 Å². The topological polar surface area (TPSA) is 163 Å². The summed E-state index contributed by atoms with van der Waals surface area (Å²) in [5.41, 5.74) is -0.315.